The normalized spacial score (nSPS) is 18.4. The summed E-state index contributed by atoms with van der Waals surface area (Å²) in [5.41, 5.74) is 10.4. The number of nitrogens with zero attached hydrogens (tertiary/aromatic N) is 5. The lowest BCUT2D eigenvalue weighted by Crippen LogP contribution is -2.39. The second-order valence-corrected chi connectivity index (χ2v) is 4.88. The van der Waals surface area contributed by atoms with E-state index in [0.717, 1.165) is 5.39 Å². The van der Waals surface area contributed by atoms with Crippen molar-refractivity contribution in [3.63, 3.8) is 0 Å². The van der Waals surface area contributed by atoms with E-state index in [1.54, 1.807) is 23.9 Å². The summed E-state index contributed by atoms with van der Waals surface area (Å²) in [6.07, 6.45) is 0.729. The van der Waals surface area contributed by atoms with E-state index < -0.39 is 5.92 Å². The van der Waals surface area contributed by atoms with Gasteiger partial charge in [0.15, 0.2) is 0 Å². The highest BCUT2D eigenvalue weighted by Crippen LogP contribution is 2.34. The number of rotatable bonds is 2. The molecule has 1 aromatic heterocycles. The monoisotopic (exact) mass is 284 g/mol. The highest BCUT2D eigenvalue weighted by Gasteiger charge is 2.31. The van der Waals surface area contributed by atoms with E-state index in [1.165, 1.54) is 0 Å². The number of para-hydroxylation sites is 1. The van der Waals surface area contributed by atoms with E-state index in [0.29, 0.717) is 29.7 Å². The van der Waals surface area contributed by atoms with Gasteiger partial charge in [-0.1, -0.05) is 23.3 Å². The molecule has 8 heteroatoms. The zero-order valence-electron chi connectivity index (χ0n) is 11.3. The number of fused-ring (bicyclic) bond motifs is 1. The fraction of sp³-hybridized carbons (Fsp3) is 0.308. The van der Waals surface area contributed by atoms with Crippen LogP contribution in [0.4, 0.5) is 5.69 Å². The van der Waals surface area contributed by atoms with Gasteiger partial charge in [0.05, 0.1) is 22.8 Å². The third kappa shape index (κ3) is 2.11. The number of carbonyl (C=O) groups is 2. The molecule has 2 aromatic rings. The predicted octanol–water partition coefficient (Wildman–Crippen LogP) is 2.04. The van der Waals surface area contributed by atoms with E-state index in [4.69, 9.17) is 5.53 Å². The highest BCUT2D eigenvalue weighted by molar-refractivity contribution is 6.03. The van der Waals surface area contributed by atoms with Gasteiger partial charge in [-0.05, 0) is 12.0 Å². The number of amides is 2. The Kier molecular flexibility index (Phi) is 3.08. The summed E-state index contributed by atoms with van der Waals surface area (Å²) in [4.78, 5) is 26.1. The quantitative estimate of drug-likeness (QED) is 0.394. The Morgan fingerprint density at radius 1 is 1.48 bits per heavy atom. The maximum absolute atomic E-state index is 12.0. The highest BCUT2D eigenvalue weighted by atomic mass is 16.2. The minimum absolute atomic E-state index is 0.258. The molecule has 8 nitrogen and oxygen atoms in total. The molecule has 0 aliphatic carbocycles. The first-order valence-electron chi connectivity index (χ1n) is 6.46. The van der Waals surface area contributed by atoms with Crippen molar-refractivity contribution in [3.8, 4) is 0 Å². The summed E-state index contributed by atoms with van der Waals surface area (Å²) < 4.78 is 1.60. The number of aryl methyl sites for hydroxylation is 1. The van der Waals surface area contributed by atoms with E-state index in [1.807, 2.05) is 6.07 Å². The minimum atomic E-state index is -0.465. The van der Waals surface area contributed by atoms with Crippen LogP contribution in [0.2, 0.25) is 0 Å². The van der Waals surface area contributed by atoms with Crippen LogP contribution in [0.5, 0.6) is 0 Å². The maximum atomic E-state index is 12.0. The summed E-state index contributed by atoms with van der Waals surface area (Å²) in [5, 5.41) is 11.1. The topological polar surface area (TPSA) is 113 Å². The van der Waals surface area contributed by atoms with Crippen LogP contribution in [0.15, 0.2) is 23.3 Å². The molecule has 21 heavy (non-hydrogen) atoms. The fourth-order valence-corrected chi connectivity index (χ4v) is 2.68. The van der Waals surface area contributed by atoms with Gasteiger partial charge in [0.1, 0.15) is 0 Å². The van der Waals surface area contributed by atoms with Crippen LogP contribution in [-0.2, 0) is 16.6 Å². The van der Waals surface area contributed by atoms with E-state index in [-0.39, 0.29) is 11.8 Å². The average molecular weight is 284 g/mol. The molecule has 2 amide bonds. The molecule has 0 radical (unpaired) electrons. The zero-order valence-corrected chi connectivity index (χ0v) is 11.3. The van der Waals surface area contributed by atoms with Crippen molar-refractivity contribution >= 4 is 28.4 Å². The molecule has 1 aliphatic rings. The first kappa shape index (κ1) is 13.1. The fourth-order valence-electron chi connectivity index (χ4n) is 2.68. The number of benzene rings is 1. The molecule has 1 aromatic carbocycles. The average Bonchev–Trinajstić information content (AvgIpc) is 2.78. The first-order valence-corrected chi connectivity index (χ1v) is 6.46. The third-order valence-electron chi connectivity index (χ3n) is 3.59. The Hall–Kier alpha value is -2.86. The van der Waals surface area contributed by atoms with Crippen molar-refractivity contribution in [1.82, 2.24) is 15.1 Å². The van der Waals surface area contributed by atoms with Crippen LogP contribution in [0.3, 0.4) is 0 Å². The van der Waals surface area contributed by atoms with Crippen LogP contribution < -0.4 is 5.32 Å². The number of hydrogen-bond acceptors (Lipinski definition) is 4. The van der Waals surface area contributed by atoms with E-state index in [9.17, 15) is 9.59 Å². The number of nitrogens with one attached hydrogen (secondary N) is 1. The molecule has 106 valence electrons. The summed E-state index contributed by atoms with van der Waals surface area (Å²) >= 11 is 0. The van der Waals surface area contributed by atoms with Gasteiger partial charge in [-0.15, -0.1) is 0 Å². The van der Waals surface area contributed by atoms with Gasteiger partial charge in [0.25, 0.3) is 0 Å². The number of hydrogen-bond donors (Lipinski definition) is 1. The Balaban J connectivity index is 2.16. The van der Waals surface area contributed by atoms with E-state index >= 15 is 0 Å². The SMILES string of the molecule is Cn1nc(C2CCC(=O)NC2=O)c2cccc(N=[N+]=[N-])c21. The number of carbonyl (C=O) groups excluding carboxylic acids is 2. The minimum Gasteiger partial charge on any atom is -0.296 e. The lowest BCUT2D eigenvalue weighted by Gasteiger charge is -2.19. The summed E-state index contributed by atoms with van der Waals surface area (Å²) in [6.45, 7) is 0. The van der Waals surface area contributed by atoms with Gasteiger partial charge in [-0.25, -0.2) is 0 Å². The molecular formula is C13H12N6O2. The van der Waals surface area contributed by atoms with Crippen molar-refractivity contribution in [3.05, 3.63) is 34.3 Å². The Morgan fingerprint density at radius 2 is 2.29 bits per heavy atom. The van der Waals surface area contributed by atoms with Crippen LogP contribution >= 0.6 is 0 Å². The van der Waals surface area contributed by atoms with Crippen LogP contribution in [0, 0.1) is 0 Å². The predicted molar refractivity (Wildman–Crippen MR) is 74.6 cm³/mol. The van der Waals surface area contributed by atoms with Crippen molar-refractivity contribution in [1.29, 1.82) is 0 Å². The van der Waals surface area contributed by atoms with Gasteiger partial charge in [0, 0.05) is 23.8 Å². The smallest absolute Gasteiger partial charge is 0.235 e. The summed E-state index contributed by atoms with van der Waals surface area (Å²) in [7, 11) is 1.73. The van der Waals surface area contributed by atoms with Crippen LogP contribution in [-0.4, -0.2) is 21.6 Å². The Labute approximate surface area is 119 Å². The molecule has 0 spiro atoms. The number of imide groups is 1. The number of piperidine rings is 1. The zero-order chi connectivity index (χ0) is 15.0. The second kappa shape index (κ2) is 4.92. The molecule has 1 unspecified atom stereocenters. The molecular weight excluding hydrogens is 272 g/mol. The summed E-state index contributed by atoms with van der Waals surface area (Å²) in [6, 6.07) is 5.28. The van der Waals surface area contributed by atoms with E-state index in [2.05, 4.69) is 20.4 Å². The van der Waals surface area contributed by atoms with Gasteiger partial charge in [0.2, 0.25) is 11.8 Å². The first-order chi connectivity index (χ1) is 10.1. The number of aromatic nitrogens is 2. The molecule has 0 saturated carbocycles. The largest absolute Gasteiger partial charge is 0.296 e. The Morgan fingerprint density at radius 3 is 3.00 bits per heavy atom. The lowest BCUT2D eigenvalue weighted by atomic mass is 9.93. The lowest BCUT2D eigenvalue weighted by molar-refractivity contribution is -0.134. The molecule has 1 aliphatic heterocycles. The van der Waals surface area contributed by atoms with Gasteiger partial charge >= 0.3 is 0 Å². The molecule has 1 saturated heterocycles. The van der Waals surface area contributed by atoms with Gasteiger partial charge in [-0.3, -0.25) is 19.6 Å². The summed E-state index contributed by atoms with van der Waals surface area (Å²) in [5.74, 6) is -1.06. The maximum Gasteiger partial charge on any atom is 0.235 e. The molecule has 2 heterocycles. The third-order valence-corrected chi connectivity index (χ3v) is 3.59. The molecule has 1 atom stereocenters. The van der Waals surface area contributed by atoms with Crippen molar-refractivity contribution in [2.75, 3.05) is 0 Å². The standard InChI is InChI=1S/C13H12N6O2/c1-19-12-7(3-2-4-9(12)16-18-14)11(17-19)8-5-6-10(20)15-13(8)21/h2-4,8H,5-6H2,1H3,(H,15,20,21). The van der Waals surface area contributed by atoms with Crippen molar-refractivity contribution < 1.29 is 9.59 Å². The van der Waals surface area contributed by atoms with Crippen LogP contribution in [0.25, 0.3) is 21.3 Å². The second-order valence-electron chi connectivity index (χ2n) is 4.88. The van der Waals surface area contributed by atoms with Crippen molar-refractivity contribution in [2.45, 2.75) is 18.8 Å². The number of azide groups is 1. The molecule has 0 bridgehead atoms. The molecule has 1 fully saturated rings. The Bertz CT molecular complexity index is 802. The van der Waals surface area contributed by atoms with Crippen LogP contribution in [0.1, 0.15) is 24.5 Å². The van der Waals surface area contributed by atoms with Gasteiger partial charge in [-0.2, -0.15) is 5.10 Å². The molecule has 3 rings (SSSR count). The molecule has 1 N–H and O–H groups in total. The van der Waals surface area contributed by atoms with Gasteiger partial charge < -0.3 is 0 Å². The van der Waals surface area contributed by atoms with Crippen molar-refractivity contribution in [2.24, 2.45) is 12.2 Å².